The van der Waals surface area contributed by atoms with Crippen molar-refractivity contribution in [1.82, 2.24) is 4.98 Å². The van der Waals surface area contributed by atoms with Crippen LogP contribution >= 0.6 is 0 Å². The van der Waals surface area contributed by atoms with Crippen molar-refractivity contribution in [2.45, 2.75) is 0 Å². The maximum absolute atomic E-state index is 7.51. The lowest BCUT2D eigenvalue weighted by Gasteiger charge is -1.49. The lowest BCUT2D eigenvalue weighted by atomic mass is 10.7. The Hall–Kier alpha value is -1.49. The van der Waals surface area contributed by atoms with Gasteiger partial charge in [-0.15, -0.1) is 0 Å². The van der Waals surface area contributed by atoms with Crippen molar-refractivity contribution in [1.29, 1.82) is 5.26 Å². The van der Waals surface area contributed by atoms with E-state index >= 15 is 0 Å². The van der Waals surface area contributed by atoms with Gasteiger partial charge < -0.3 is 4.98 Å². The number of H-pyrrole nitrogens is 1. The summed E-state index contributed by atoms with van der Waals surface area (Å²) in [5.41, 5.74) is 0. The smallest absolute Gasteiger partial charge is 0.0905 e. The van der Waals surface area contributed by atoms with Crippen LogP contribution in [0, 0.1) is 11.3 Å². The van der Waals surface area contributed by atoms with E-state index in [1.807, 2.05) is 24.5 Å². The van der Waals surface area contributed by atoms with Gasteiger partial charge in [-0.2, -0.15) is 5.26 Å². The van der Waals surface area contributed by atoms with Crippen molar-refractivity contribution in [3.8, 4) is 6.07 Å². The van der Waals surface area contributed by atoms with E-state index in [1.54, 1.807) is 6.07 Å². The second kappa shape index (κ2) is 6.51. The van der Waals surface area contributed by atoms with Gasteiger partial charge in [0.15, 0.2) is 0 Å². The van der Waals surface area contributed by atoms with Crippen molar-refractivity contribution in [3.63, 3.8) is 0 Å². The minimum absolute atomic E-state index is 1.18. The normalized spacial score (nSPS) is 6.11. The fourth-order valence-electron chi connectivity index (χ4n) is 0.278. The molecule has 0 aliphatic heterocycles. The Morgan fingerprint density at radius 3 is 2.00 bits per heavy atom. The van der Waals surface area contributed by atoms with Gasteiger partial charge in [-0.1, -0.05) is 6.58 Å². The molecular formula is C7H8N2. The third kappa shape index (κ3) is 6.51. The molecule has 1 aromatic heterocycles. The van der Waals surface area contributed by atoms with Gasteiger partial charge in [-0.05, 0) is 12.1 Å². The summed E-state index contributed by atoms with van der Waals surface area (Å²) >= 11 is 0. The van der Waals surface area contributed by atoms with Crippen LogP contribution in [0.15, 0.2) is 37.2 Å². The maximum Gasteiger partial charge on any atom is 0.0905 e. The monoisotopic (exact) mass is 120 g/mol. The molecular weight excluding hydrogens is 112 g/mol. The van der Waals surface area contributed by atoms with Gasteiger partial charge in [0.1, 0.15) is 0 Å². The van der Waals surface area contributed by atoms with E-state index in [0.717, 1.165) is 0 Å². The molecule has 46 valence electrons. The Balaban J connectivity index is 0.000000148. The van der Waals surface area contributed by atoms with Crippen LogP contribution in [0.5, 0.6) is 0 Å². The lowest BCUT2D eigenvalue weighted by Crippen LogP contribution is -1.38. The zero-order valence-electron chi connectivity index (χ0n) is 5.04. The second-order valence-electron chi connectivity index (χ2n) is 1.22. The molecule has 0 radical (unpaired) electrons. The molecule has 0 atom stereocenters. The predicted molar refractivity (Wildman–Crippen MR) is 36.6 cm³/mol. The maximum atomic E-state index is 7.51. The molecule has 0 amide bonds. The van der Waals surface area contributed by atoms with E-state index in [0.29, 0.717) is 0 Å². The summed E-state index contributed by atoms with van der Waals surface area (Å²) in [6.07, 6.45) is 4.93. The number of nitriles is 1. The van der Waals surface area contributed by atoms with Gasteiger partial charge in [0, 0.05) is 18.5 Å². The first-order valence-corrected chi connectivity index (χ1v) is 2.50. The van der Waals surface area contributed by atoms with Crippen LogP contribution in [0.25, 0.3) is 0 Å². The molecule has 0 bridgehead atoms. The van der Waals surface area contributed by atoms with Crippen LogP contribution in [0.4, 0.5) is 0 Å². The first kappa shape index (κ1) is 7.51. The van der Waals surface area contributed by atoms with E-state index < -0.39 is 0 Å². The van der Waals surface area contributed by atoms with Crippen molar-refractivity contribution in [3.05, 3.63) is 37.2 Å². The first-order valence-electron chi connectivity index (χ1n) is 2.50. The Bertz CT molecular complexity index is 152. The zero-order chi connectivity index (χ0) is 6.95. The SMILES string of the molecule is C=CC#N.c1cc[nH]c1. The summed E-state index contributed by atoms with van der Waals surface area (Å²) < 4.78 is 0. The summed E-state index contributed by atoms with van der Waals surface area (Å²) in [5.74, 6) is 0. The van der Waals surface area contributed by atoms with Crippen molar-refractivity contribution >= 4 is 0 Å². The van der Waals surface area contributed by atoms with Crippen LogP contribution in [0.2, 0.25) is 0 Å². The number of nitrogens with one attached hydrogen (secondary N) is 1. The van der Waals surface area contributed by atoms with Crippen LogP contribution in [0.3, 0.4) is 0 Å². The lowest BCUT2D eigenvalue weighted by molar-refractivity contribution is 1.42. The highest BCUT2D eigenvalue weighted by atomic mass is 14.6. The molecule has 0 aliphatic carbocycles. The van der Waals surface area contributed by atoms with Gasteiger partial charge in [0.2, 0.25) is 0 Å². The quantitative estimate of drug-likeness (QED) is 0.520. The summed E-state index contributed by atoms with van der Waals surface area (Å²) in [4.78, 5) is 2.86. The van der Waals surface area contributed by atoms with Crippen LogP contribution < -0.4 is 0 Å². The molecule has 1 aromatic rings. The Labute approximate surface area is 54.4 Å². The van der Waals surface area contributed by atoms with E-state index in [2.05, 4.69) is 11.6 Å². The third-order valence-corrected chi connectivity index (χ3v) is 0.587. The number of aromatic nitrogens is 1. The Morgan fingerprint density at radius 1 is 1.44 bits per heavy atom. The molecule has 0 saturated heterocycles. The first-order chi connectivity index (χ1) is 4.41. The van der Waals surface area contributed by atoms with Gasteiger partial charge in [0.05, 0.1) is 6.07 Å². The fraction of sp³-hybridized carbons (Fsp3) is 0. The van der Waals surface area contributed by atoms with E-state index in [1.165, 1.54) is 6.08 Å². The third-order valence-electron chi connectivity index (χ3n) is 0.587. The Kier molecular flexibility index (Phi) is 5.43. The number of aromatic amines is 1. The molecule has 2 heteroatoms. The highest BCUT2D eigenvalue weighted by Gasteiger charge is 1.55. The standard InChI is InChI=1S/C4H5N.C3H3N/c1-2-4-5-3-1;1-2-3-4/h1-5H;2H,1H2. The van der Waals surface area contributed by atoms with Crippen molar-refractivity contribution in [2.75, 3.05) is 0 Å². The molecule has 1 N–H and O–H groups in total. The highest BCUT2D eigenvalue weighted by Crippen LogP contribution is 1.72. The average molecular weight is 120 g/mol. The summed E-state index contributed by atoms with van der Waals surface area (Å²) in [5, 5.41) is 7.51. The minimum Gasteiger partial charge on any atom is -0.368 e. The van der Waals surface area contributed by atoms with Crippen LogP contribution in [-0.4, -0.2) is 4.98 Å². The van der Waals surface area contributed by atoms with Crippen LogP contribution in [0.1, 0.15) is 0 Å². The number of hydrogen-bond acceptors (Lipinski definition) is 1. The summed E-state index contributed by atoms with van der Waals surface area (Å²) in [6.45, 7) is 3.12. The van der Waals surface area contributed by atoms with E-state index in [-0.39, 0.29) is 0 Å². The molecule has 0 fully saturated rings. The highest BCUT2D eigenvalue weighted by molar-refractivity contribution is 4.93. The van der Waals surface area contributed by atoms with Crippen molar-refractivity contribution < 1.29 is 0 Å². The number of nitrogens with zero attached hydrogens (tertiary/aromatic N) is 1. The second-order valence-corrected chi connectivity index (χ2v) is 1.22. The van der Waals surface area contributed by atoms with Gasteiger partial charge >= 0.3 is 0 Å². The number of hydrogen-bond donors (Lipinski definition) is 1. The molecule has 2 nitrogen and oxygen atoms in total. The number of allylic oxidation sites excluding steroid dienone is 1. The van der Waals surface area contributed by atoms with Crippen LogP contribution in [-0.2, 0) is 0 Å². The fourth-order valence-corrected chi connectivity index (χ4v) is 0.278. The van der Waals surface area contributed by atoms with E-state index in [9.17, 15) is 0 Å². The average Bonchev–Trinajstić information content (AvgIpc) is 2.43. The molecule has 0 unspecified atom stereocenters. The molecule has 1 rings (SSSR count). The zero-order valence-corrected chi connectivity index (χ0v) is 5.04. The van der Waals surface area contributed by atoms with Gasteiger partial charge in [-0.3, -0.25) is 0 Å². The molecule has 0 aliphatic rings. The molecule has 9 heavy (non-hydrogen) atoms. The van der Waals surface area contributed by atoms with Gasteiger partial charge in [0.25, 0.3) is 0 Å². The molecule has 1 heterocycles. The van der Waals surface area contributed by atoms with Crippen molar-refractivity contribution in [2.24, 2.45) is 0 Å². The largest absolute Gasteiger partial charge is 0.368 e. The molecule has 0 spiro atoms. The minimum atomic E-state index is 1.18. The molecule has 0 saturated carbocycles. The topological polar surface area (TPSA) is 39.6 Å². The summed E-state index contributed by atoms with van der Waals surface area (Å²) in [7, 11) is 0. The van der Waals surface area contributed by atoms with E-state index in [4.69, 9.17) is 5.26 Å². The van der Waals surface area contributed by atoms with Gasteiger partial charge in [-0.25, -0.2) is 0 Å². The predicted octanol–water partition coefficient (Wildman–Crippen LogP) is 1.71. The summed E-state index contributed by atoms with van der Waals surface area (Å²) in [6, 6.07) is 5.58. The molecule has 0 aromatic carbocycles. The Morgan fingerprint density at radius 2 is 1.89 bits per heavy atom. The number of rotatable bonds is 0.